The molecule has 0 radical (unpaired) electrons. The van der Waals surface area contributed by atoms with Crippen molar-refractivity contribution >= 4 is 29.1 Å². The third-order valence-corrected chi connectivity index (χ3v) is 5.65. The molecule has 1 saturated carbocycles. The van der Waals surface area contributed by atoms with Crippen molar-refractivity contribution in [1.29, 1.82) is 0 Å². The van der Waals surface area contributed by atoms with E-state index in [4.69, 9.17) is 23.2 Å². The Balaban J connectivity index is 2.05. The van der Waals surface area contributed by atoms with Crippen molar-refractivity contribution in [2.24, 2.45) is 0 Å². The molecule has 1 aromatic heterocycles. The molecule has 0 aliphatic heterocycles. The van der Waals surface area contributed by atoms with Gasteiger partial charge in [-0.05, 0) is 45.7 Å². The number of hydrogen-bond donors (Lipinski definition) is 0. The first-order chi connectivity index (χ1) is 12.8. The molecule has 1 atom stereocenters. The highest BCUT2D eigenvalue weighted by molar-refractivity contribution is 6.35. The zero-order valence-corrected chi connectivity index (χ0v) is 17.5. The maximum atomic E-state index is 13.9. The van der Waals surface area contributed by atoms with Crippen LogP contribution in [0.3, 0.4) is 0 Å². The molecule has 0 spiro atoms. The van der Waals surface area contributed by atoms with Gasteiger partial charge in [0.2, 0.25) is 0 Å². The fourth-order valence-corrected chi connectivity index (χ4v) is 4.50. The molecule has 146 valence electrons. The topological polar surface area (TPSA) is 51.0 Å². The van der Waals surface area contributed by atoms with Crippen LogP contribution in [-0.2, 0) is 4.79 Å². The molecule has 2 aromatic rings. The molecule has 1 fully saturated rings. The maximum Gasteiger partial charge on any atom is 0.252 e. The van der Waals surface area contributed by atoms with Crippen LogP contribution in [0, 0.1) is 0 Å². The average molecular weight is 409 g/mol. The molecule has 7 heteroatoms. The summed E-state index contributed by atoms with van der Waals surface area (Å²) in [6, 6.07) is 4.78. The molecule has 0 bridgehead atoms. The SMILES string of the molecule is CC(C)(C)N(C(=O)C(c1ccc(Cl)cc1Cl)n1cncn1)C1CCCCC1. The lowest BCUT2D eigenvalue weighted by atomic mass is 9.89. The largest absolute Gasteiger partial charge is 0.333 e. The van der Waals surface area contributed by atoms with Crippen LogP contribution in [0.4, 0.5) is 0 Å². The summed E-state index contributed by atoms with van der Waals surface area (Å²) in [5.41, 5.74) is 0.373. The number of carbonyl (C=O) groups excluding carboxylic acids is 1. The molecule has 5 nitrogen and oxygen atoms in total. The number of rotatable bonds is 4. The molecule has 27 heavy (non-hydrogen) atoms. The van der Waals surface area contributed by atoms with Crippen LogP contribution >= 0.6 is 23.2 Å². The lowest BCUT2D eigenvalue weighted by Crippen LogP contribution is -2.54. The lowest BCUT2D eigenvalue weighted by Gasteiger charge is -2.45. The minimum atomic E-state index is -0.668. The molecule has 1 aliphatic rings. The minimum Gasteiger partial charge on any atom is -0.333 e. The molecule has 3 rings (SSSR count). The molecule has 0 saturated heterocycles. The molecule has 0 N–H and O–H groups in total. The smallest absolute Gasteiger partial charge is 0.252 e. The van der Waals surface area contributed by atoms with E-state index in [1.807, 2.05) is 4.90 Å². The second-order valence-corrected chi connectivity index (χ2v) is 8.96. The summed E-state index contributed by atoms with van der Waals surface area (Å²) in [5, 5.41) is 5.24. The van der Waals surface area contributed by atoms with E-state index in [0.717, 1.165) is 25.7 Å². The molecule has 1 aliphatic carbocycles. The van der Waals surface area contributed by atoms with E-state index < -0.39 is 6.04 Å². The van der Waals surface area contributed by atoms with Crippen LogP contribution < -0.4 is 0 Å². The highest BCUT2D eigenvalue weighted by Gasteiger charge is 2.39. The van der Waals surface area contributed by atoms with E-state index in [-0.39, 0.29) is 17.5 Å². The molecule has 1 aromatic carbocycles. The highest BCUT2D eigenvalue weighted by Crippen LogP contribution is 2.35. The van der Waals surface area contributed by atoms with Crippen LogP contribution in [-0.4, -0.2) is 37.2 Å². The summed E-state index contributed by atoms with van der Waals surface area (Å²) < 4.78 is 1.58. The van der Waals surface area contributed by atoms with Crippen molar-refractivity contribution < 1.29 is 4.79 Å². The summed E-state index contributed by atoms with van der Waals surface area (Å²) in [5.74, 6) is -0.0101. The summed E-state index contributed by atoms with van der Waals surface area (Å²) >= 11 is 12.5. The molecule has 1 unspecified atom stereocenters. The predicted molar refractivity (Wildman–Crippen MR) is 108 cm³/mol. The van der Waals surface area contributed by atoms with E-state index >= 15 is 0 Å². The van der Waals surface area contributed by atoms with Gasteiger partial charge in [0.15, 0.2) is 6.04 Å². The van der Waals surface area contributed by atoms with Gasteiger partial charge in [0.05, 0.1) is 0 Å². The van der Waals surface area contributed by atoms with E-state index in [1.165, 1.54) is 12.7 Å². The number of hydrogen-bond acceptors (Lipinski definition) is 3. The van der Waals surface area contributed by atoms with Gasteiger partial charge < -0.3 is 4.90 Å². The van der Waals surface area contributed by atoms with Gasteiger partial charge in [0, 0.05) is 27.2 Å². The second kappa shape index (κ2) is 8.19. The van der Waals surface area contributed by atoms with Crippen molar-refractivity contribution in [2.45, 2.75) is 70.5 Å². The Kier molecular flexibility index (Phi) is 6.11. The van der Waals surface area contributed by atoms with Crippen molar-refractivity contribution in [3.63, 3.8) is 0 Å². The number of carbonyl (C=O) groups is 1. The first-order valence-electron chi connectivity index (χ1n) is 9.41. The summed E-state index contributed by atoms with van der Waals surface area (Å²) in [4.78, 5) is 19.9. The van der Waals surface area contributed by atoms with Crippen LogP contribution in [0.2, 0.25) is 10.0 Å². The van der Waals surface area contributed by atoms with E-state index in [9.17, 15) is 4.79 Å². The Bertz CT molecular complexity index is 780. The maximum absolute atomic E-state index is 13.9. The lowest BCUT2D eigenvalue weighted by molar-refractivity contribution is -0.143. The van der Waals surface area contributed by atoms with E-state index in [2.05, 4.69) is 30.9 Å². The normalized spacial score (nSPS) is 16.9. The van der Waals surface area contributed by atoms with E-state index in [1.54, 1.807) is 29.2 Å². The van der Waals surface area contributed by atoms with Crippen molar-refractivity contribution in [1.82, 2.24) is 19.7 Å². The quantitative estimate of drug-likeness (QED) is 0.703. The van der Waals surface area contributed by atoms with Gasteiger partial charge >= 0.3 is 0 Å². The standard InChI is InChI=1S/C20H26Cl2N4O/c1-20(2,3)26(15-7-5-4-6-8-15)19(27)18(25-13-23-12-24-25)16-10-9-14(21)11-17(16)22/h9-13,15,18H,4-8H2,1-3H3. The summed E-state index contributed by atoms with van der Waals surface area (Å²) in [7, 11) is 0. The average Bonchev–Trinajstić information content (AvgIpc) is 3.11. The Morgan fingerprint density at radius 1 is 1.22 bits per heavy atom. The molecule has 1 amide bonds. The number of aromatic nitrogens is 3. The third kappa shape index (κ3) is 4.46. The second-order valence-electron chi connectivity index (χ2n) is 8.11. The fourth-order valence-electron chi connectivity index (χ4n) is 3.99. The zero-order chi connectivity index (χ0) is 19.6. The van der Waals surface area contributed by atoms with Crippen molar-refractivity contribution in [3.8, 4) is 0 Å². The first kappa shape index (κ1) is 20.2. The number of amides is 1. The highest BCUT2D eigenvalue weighted by atomic mass is 35.5. The first-order valence-corrected chi connectivity index (χ1v) is 10.2. The summed E-state index contributed by atoms with van der Waals surface area (Å²) in [6.07, 6.45) is 8.60. The number of halogens is 2. The van der Waals surface area contributed by atoms with Crippen LogP contribution in [0.25, 0.3) is 0 Å². The van der Waals surface area contributed by atoms with Crippen molar-refractivity contribution in [3.05, 3.63) is 46.5 Å². The number of nitrogens with zero attached hydrogens (tertiary/aromatic N) is 4. The van der Waals surface area contributed by atoms with Crippen LogP contribution in [0.15, 0.2) is 30.9 Å². The summed E-state index contributed by atoms with van der Waals surface area (Å²) in [6.45, 7) is 6.25. The van der Waals surface area contributed by atoms with Crippen LogP contribution in [0.1, 0.15) is 64.5 Å². The molecule has 1 heterocycles. The molecular formula is C20H26Cl2N4O. The van der Waals surface area contributed by atoms with Gasteiger partial charge in [-0.1, -0.05) is 48.5 Å². The zero-order valence-electron chi connectivity index (χ0n) is 16.0. The Morgan fingerprint density at radius 3 is 2.48 bits per heavy atom. The van der Waals surface area contributed by atoms with Gasteiger partial charge in [0.1, 0.15) is 12.7 Å². The van der Waals surface area contributed by atoms with Gasteiger partial charge in [0.25, 0.3) is 5.91 Å². The van der Waals surface area contributed by atoms with E-state index in [0.29, 0.717) is 15.6 Å². The van der Waals surface area contributed by atoms with Gasteiger partial charge in [-0.2, -0.15) is 5.10 Å². The predicted octanol–water partition coefficient (Wildman–Crippen LogP) is 5.13. The monoisotopic (exact) mass is 408 g/mol. The fraction of sp³-hybridized carbons (Fsp3) is 0.550. The van der Waals surface area contributed by atoms with Crippen molar-refractivity contribution in [2.75, 3.05) is 0 Å². The molecular weight excluding hydrogens is 383 g/mol. The minimum absolute atomic E-state index is 0.0101. The Hall–Kier alpha value is -1.59. The Morgan fingerprint density at radius 2 is 1.93 bits per heavy atom. The number of benzene rings is 1. The van der Waals surface area contributed by atoms with Gasteiger partial charge in [-0.3, -0.25) is 4.79 Å². The third-order valence-electron chi connectivity index (χ3n) is 5.09. The Labute approximate surface area is 170 Å². The van der Waals surface area contributed by atoms with Gasteiger partial charge in [-0.25, -0.2) is 9.67 Å². The van der Waals surface area contributed by atoms with Crippen LogP contribution in [0.5, 0.6) is 0 Å². The van der Waals surface area contributed by atoms with Gasteiger partial charge in [-0.15, -0.1) is 0 Å².